The number of nitrogens with zero attached hydrogens (tertiary/aromatic N) is 1. The fourth-order valence-electron chi connectivity index (χ4n) is 2.13. The maximum atomic E-state index is 4.53. The van der Waals surface area contributed by atoms with E-state index in [4.69, 9.17) is 0 Å². The summed E-state index contributed by atoms with van der Waals surface area (Å²) in [5.41, 5.74) is 0.442. The fourth-order valence-corrected chi connectivity index (χ4v) is 3.37. The van der Waals surface area contributed by atoms with Gasteiger partial charge in [0.25, 0.3) is 0 Å². The summed E-state index contributed by atoms with van der Waals surface area (Å²) < 4.78 is 0. The van der Waals surface area contributed by atoms with Crippen molar-refractivity contribution in [1.82, 2.24) is 5.32 Å². The van der Waals surface area contributed by atoms with Crippen LogP contribution in [0.5, 0.6) is 0 Å². The first-order valence-corrected chi connectivity index (χ1v) is 6.29. The highest BCUT2D eigenvalue weighted by Gasteiger charge is 2.39. The van der Waals surface area contributed by atoms with Crippen LogP contribution in [0.1, 0.15) is 39.0 Å². The molecule has 0 unspecified atom stereocenters. The molecule has 2 fully saturated rings. The average molecular weight is 198 g/mol. The first-order chi connectivity index (χ1) is 6.35. The molecule has 0 aromatic rings. The number of nitrogens with one attached hydrogen (secondary N) is 1. The number of aliphatic imine (C=N–C) groups is 1. The van der Waals surface area contributed by atoms with Crippen molar-refractivity contribution in [2.45, 2.75) is 44.6 Å². The number of thioether (sulfide) groups is 1. The second-order valence-electron chi connectivity index (χ2n) is 4.09. The van der Waals surface area contributed by atoms with Crippen molar-refractivity contribution in [2.24, 2.45) is 4.99 Å². The quantitative estimate of drug-likeness (QED) is 0.737. The van der Waals surface area contributed by atoms with E-state index in [9.17, 15) is 0 Å². The molecule has 0 aromatic heterocycles. The predicted octanol–water partition coefficient (Wildman–Crippen LogP) is 2.40. The van der Waals surface area contributed by atoms with Gasteiger partial charge in [0.05, 0.1) is 0 Å². The molecule has 74 valence electrons. The lowest BCUT2D eigenvalue weighted by Crippen LogP contribution is -2.40. The molecule has 1 saturated carbocycles. The van der Waals surface area contributed by atoms with Crippen molar-refractivity contribution in [3.8, 4) is 0 Å². The minimum Gasteiger partial charge on any atom is -0.359 e. The van der Waals surface area contributed by atoms with Gasteiger partial charge in [-0.3, -0.25) is 4.99 Å². The molecule has 0 aromatic carbocycles. The van der Waals surface area contributed by atoms with Gasteiger partial charge < -0.3 is 5.32 Å². The zero-order valence-corrected chi connectivity index (χ0v) is 9.12. The minimum atomic E-state index is 0.442. The van der Waals surface area contributed by atoms with Gasteiger partial charge in [-0.05, 0) is 19.3 Å². The molecule has 2 rings (SSSR count). The Kier molecular flexibility index (Phi) is 2.82. The smallest absolute Gasteiger partial charge is 0.157 e. The van der Waals surface area contributed by atoms with Crippen molar-refractivity contribution in [2.75, 3.05) is 12.3 Å². The van der Waals surface area contributed by atoms with E-state index in [1.807, 2.05) is 11.8 Å². The lowest BCUT2D eigenvalue weighted by Gasteiger charge is -2.21. The third kappa shape index (κ3) is 2.01. The van der Waals surface area contributed by atoms with E-state index in [0.717, 1.165) is 13.0 Å². The third-order valence-corrected chi connectivity index (χ3v) is 4.10. The summed E-state index contributed by atoms with van der Waals surface area (Å²) in [6.07, 6.45) is 6.65. The summed E-state index contributed by atoms with van der Waals surface area (Å²) in [5.74, 6) is 1.25. The summed E-state index contributed by atoms with van der Waals surface area (Å²) in [6.45, 7) is 3.15. The highest BCUT2D eigenvalue weighted by atomic mass is 32.2. The van der Waals surface area contributed by atoms with Crippen molar-refractivity contribution >= 4 is 16.9 Å². The molecule has 0 amide bonds. The summed E-state index contributed by atoms with van der Waals surface area (Å²) >= 11 is 1.92. The van der Waals surface area contributed by atoms with Crippen molar-refractivity contribution in [3.05, 3.63) is 0 Å². The van der Waals surface area contributed by atoms with Gasteiger partial charge in [0.15, 0.2) is 5.17 Å². The monoisotopic (exact) mass is 198 g/mol. The van der Waals surface area contributed by atoms with Crippen molar-refractivity contribution in [3.63, 3.8) is 0 Å². The van der Waals surface area contributed by atoms with E-state index >= 15 is 0 Å². The maximum absolute atomic E-state index is 4.53. The lowest BCUT2D eigenvalue weighted by molar-refractivity contribution is 0.452. The second kappa shape index (κ2) is 3.91. The first kappa shape index (κ1) is 9.38. The second-order valence-corrected chi connectivity index (χ2v) is 5.05. The van der Waals surface area contributed by atoms with Crippen LogP contribution in [-0.4, -0.2) is 23.0 Å². The van der Waals surface area contributed by atoms with Crippen LogP contribution in [0.4, 0.5) is 0 Å². The Morgan fingerprint density at radius 2 is 2.23 bits per heavy atom. The number of hydrogen-bond donors (Lipinski definition) is 1. The molecule has 0 bridgehead atoms. The van der Waals surface area contributed by atoms with Gasteiger partial charge in [-0.15, -0.1) is 0 Å². The topological polar surface area (TPSA) is 24.4 Å². The van der Waals surface area contributed by atoms with Crippen LogP contribution in [0.3, 0.4) is 0 Å². The lowest BCUT2D eigenvalue weighted by atomic mass is 10.0. The molecule has 1 aliphatic heterocycles. The number of amidine groups is 1. The zero-order valence-electron chi connectivity index (χ0n) is 8.31. The number of hydrogen-bond acceptors (Lipinski definition) is 2. The standard InChI is InChI=1S/C10H18N2S/c1-2-7-11-9-12-10(8-13-9)5-3-4-6-10/h2-8H2,1H3,(H,11,12). The molecule has 0 radical (unpaired) electrons. The molecular weight excluding hydrogens is 180 g/mol. The van der Waals surface area contributed by atoms with Gasteiger partial charge in [0.1, 0.15) is 0 Å². The van der Waals surface area contributed by atoms with Gasteiger partial charge in [0, 0.05) is 17.8 Å². The van der Waals surface area contributed by atoms with Crippen LogP contribution in [-0.2, 0) is 0 Å². The fraction of sp³-hybridized carbons (Fsp3) is 0.900. The van der Waals surface area contributed by atoms with Crippen LogP contribution in [0, 0.1) is 0 Å². The van der Waals surface area contributed by atoms with Gasteiger partial charge >= 0.3 is 0 Å². The highest BCUT2D eigenvalue weighted by Crippen LogP contribution is 2.37. The minimum absolute atomic E-state index is 0.442. The molecule has 2 aliphatic rings. The van der Waals surface area contributed by atoms with E-state index in [1.165, 1.54) is 36.6 Å². The van der Waals surface area contributed by atoms with Gasteiger partial charge in [-0.1, -0.05) is 31.5 Å². The molecule has 3 heteroatoms. The largest absolute Gasteiger partial charge is 0.359 e. The Morgan fingerprint density at radius 1 is 1.46 bits per heavy atom. The summed E-state index contributed by atoms with van der Waals surface area (Å²) in [5, 5.41) is 4.81. The summed E-state index contributed by atoms with van der Waals surface area (Å²) in [4.78, 5) is 4.53. The van der Waals surface area contributed by atoms with Crippen LogP contribution < -0.4 is 5.32 Å². The Labute approximate surface area is 84.6 Å². The molecule has 1 aliphatic carbocycles. The van der Waals surface area contributed by atoms with Crippen molar-refractivity contribution in [1.29, 1.82) is 0 Å². The van der Waals surface area contributed by atoms with E-state index < -0.39 is 0 Å². The van der Waals surface area contributed by atoms with Gasteiger partial charge in [0.2, 0.25) is 0 Å². The molecule has 1 saturated heterocycles. The van der Waals surface area contributed by atoms with E-state index in [1.54, 1.807) is 0 Å². The molecule has 1 spiro atoms. The molecular formula is C10H18N2S. The van der Waals surface area contributed by atoms with E-state index in [0.29, 0.717) is 5.54 Å². The van der Waals surface area contributed by atoms with E-state index in [2.05, 4.69) is 17.2 Å². The SMILES string of the molecule is CCCN=C1NC2(CCCC2)CS1. The molecule has 2 nitrogen and oxygen atoms in total. The normalized spacial score (nSPS) is 28.5. The zero-order chi connectivity index (χ0) is 9.15. The summed E-state index contributed by atoms with van der Waals surface area (Å²) in [6, 6.07) is 0. The highest BCUT2D eigenvalue weighted by molar-refractivity contribution is 8.14. The molecule has 1 heterocycles. The Balaban J connectivity index is 1.93. The van der Waals surface area contributed by atoms with Crippen LogP contribution in [0.2, 0.25) is 0 Å². The van der Waals surface area contributed by atoms with E-state index in [-0.39, 0.29) is 0 Å². The van der Waals surface area contributed by atoms with Crippen LogP contribution >= 0.6 is 11.8 Å². The van der Waals surface area contributed by atoms with Crippen molar-refractivity contribution < 1.29 is 0 Å². The Morgan fingerprint density at radius 3 is 2.92 bits per heavy atom. The Hall–Kier alpha value is -0.180. The van der Waals surface area contributed by atoms with Crippen LogP contribution in [0.25, 0.3) is 0 Å². The molecule has 0 atom stereocenters. The predicted molar refractivity (Wildman–Crippen MR) is 59.4 cm³/mol. The first-order valence-electron chi connectivity index (χ1n) is 5.30. The summed E-state index contributed by atoms with van der Waals surface area (Å²) in [7, 11) is 0. The van der Waals surface area contributed by atoms with Gasteiger partial charge in [-0.25, -0.2) is 0 Å². The maximum Gasteiger partial charge on any atom is 0.157 e. The number of rotatable bonds is 2. The van der Waals surface area contributed by atoms with Crippen LogP contribution in [0.15, 0.2) is 4.99 Å². The third-order valence-electron chi connectivity index (χ3n) is 2.90. The Bertz CT molecular complexity index is 207. The molecule has 13 heavy (non-hydrogen) atoms. The average Bonchev–Trinajstić information content (AvgIpc) is 2.74. The van der Waals surface area contributed by atoms with Gasteiger partial charge in [-0.2, -0.15) is 0 Å². The molecule has 1 N–H and O–H groups in total.